The van der Waals surface area contributed by atoms with Crippen molar-refractivity contribution in [1.29, 1.82) is 0 Å². The third-order valence-electron chi connectivity index (χ3n) is 1.84. The first-order valence-corrected chi connectivity index (χ1v) is 4.85. The molecule has 0 bridgehead atoms. The summed E-state index contributed by atoms with van der Waals surface area (Å²) < 4.78 is 4.75. The molecule has 0 aromatic carbocycles. The van der Waals surface area contributed by atoms with Crippen molar-refractivity contribution in [2.75, 3.05) is 20.3 Å². The summed E-state index contributed by atoms with van der Waals surface area (Å²) in [4.78, 5) is 21.6. The van der Waals surface area contributed by atoms with Gasteiger partial charge in [0.25, 0.3) is 0 Å². The number of methoxy groups -OCH3 is 1. The number of aliphatic carboxylic acids is 1. The molecule has 6 heteroatoms. The Balaban J connectivity index is 3.75. The number of nitrogens with one attached hydrogen (secondary N) is 2. The molecule has 0 spiro atoms. The van der Waals surface area contributed by atoms with E-state index >= 15 is 0 Å². The first-order chi connectivity index (χ1) is 7.10. The molecule has 0 rings (SSSR count). The molecule has 1 atom stereocenters. The van der Waals surface area contributed by atoms with Gasteiger partial charge in [0.15, 0.2) is 0 Å². The maximum absolute atomic E-state index is 11.2. The zero-order chi connectivity index (χ0) is 11.7. The van der Waals surface area contributed by atoms with E-state index in [2.05, 4.69) is 10.6 Å². The van der Waals surface area contributed by atoms with Gasteiger partial charge >= 0.3 is 12.0 Å². The second kappa shape index (κ2) is 8.05. The molecule has 0 saturated heterocycles. The second-order valence-electron chi connectivity index (χ2n) is 3.10. The van der Waals surface area contributed by atoms with Gasteiger partial charge in [-0.05, 0) is 6.42 Å². The van der Waals surface area contributed by atoms with Gasteiger partial charge < -0.3 is 20.5 Å². The van der Waals surface area contributed by atoms with Crippen LogP contribution >= 0.6 is 0 Å². The predicted molar refractivity (Wildman–Crippen MR) is 54.7 cm³/mol. The van der Waals surface area contributed by atoms with Crippen LogP contribution in [0.1, 0.15) is 19.8 Å². The third kappa shape index (κ3) is 7.75. The molecule has 15 heavy (non-hydrogen) atoms. The monoisotopic (exact) mass is 218 g/mol. The standard InChI is InChI=1S/C9H18N2O4/c1-3-7(6-8(12)13)11-9(14)10-4-5-15-2/h7H,3-6H2,1-2H3,(H,12,13)(H2,10,11,14). The lowest BCUT2D eigenvalue weighted by atomic mass is 10.1. The number of carboxylic acid groups (broad SMARTS) is 1. The van der Waals surface area contributed by atoms with E-state index in [4.69, 9.17) is 9.84 Å². The number of hydrogen-bond acceptors (Lipinski definition) is 3. The molecule has 0 aliphatic heterocycles. The number of carboxylic acids is 1. The summed E-state index contributed by atoms with van der Waals surface area (Å²) in [5.74, 6) is -0.918. The minimum absolute atomic E-state index is 0.0613. The zero-order valence-corrected chi connectivity index (χ0v) is 9.08. The number of urea groups is 1. The molecule has 2 amide bonds. The van der Waals surface area contributed by atoms with Gasteiger partial charge in [0.1, 0.15) is 0 Å². The van der Waals surface area contributed by atoms with Crippen molar-refractivity contribution in [2.45, 2.75) is 25.8 Å². The molecule has 0 aliphatic carbocycles. The molecule has 0 fully saturated rings. The largest absolute Gasteiger partial charge is 0.481 e. The molecule has 0 heterocycles. The highest BCUT2D eigenvalue weighted by Crippen LogP contribution is 1.96. The molecule has 1 unspecified atom stereocenters. The number of carbonyl (C=O) groups excluding carboxylic acids is 1. The Hall–Kier alpha value is -1.30. The van der Waals surface area contributed by atoms with Crippen LogP contribution in [0, 0.1) is 0 Å². The molecule has 88 valence electrons. The summed E-state index contributed by atoms with van der Waals surface area (Å²) in [5, 5.41) is 13.7. The van der Waals surface area contributed by atoms with E-state index in [9.17, 15) is 9.59 Å². The molecule has 0 radical (unpaired) electrons. The van der Waals surface area contributed by atoms with E-state index in [0.29, 0.717) is 19.6 Å². The van der Waals surface area contributed by atoms with Gasteiger partial charge in [0, 0.05) is 19.7 Å². The topological polar surface area (TPSA) is 87.7 Å². The second-order valence-corrected chi connectivity index (χ2v) is 3.10. The number of rotatable bonds is 7. The molecule has 0 saturated carbocycles. The maximum Gasteiger partial charge on any atom is 0.315 e. The van der Waals surface area contributed by atoms with E-state index in [0.717, 1.165) is 0 Å². The fourth-order valence-corrected chi connectivity index (χ4v) is 1.01. The Morgan fingerprint density at radius 1 is 1.47 bits per heavy atom. The van der Waals surface area contributed by atoms with Crippen molar-refractivity contribution in [3.8, 4) is 0 Å². The van der Waals surface area contributed by atoms with Crippen molar-refractivity contribution in [2.24, 2.45) is 0 Å². The van der Waals surface area contributed by atoms with Crippen LogP contribution in [-0.4, -0.2) is 43.4 Å². The Bertz CT molecular complexity index is 208. The quantitative estimate of drug-likeness (QED) is 0.532. The lowest BCUT2D eigenvalue weighted by Crippen LogP contribution is -2.43. The smallest absolute Gasteiger partial charge is 0.315 e. The minimum Gasteiger partial charge on any atom is -0.481 e. The maximum atomic E-state index is 11.2. The van der Waals surface area contributed by atoms with E-state index in [1.807, 2.05) is 6.92 Å². The van der Waals surface area contributed by atoms with Crippen LogP contribution in [0.25, 0.3) is 0 Å². The summed E-state index contributed by atoms with van der Waals surface area (Å²) in [6.07, 6.45) is 0.526. The molecule has 0 aromatic heterocycles. The van der Waals surface area contributed by atoms with Crippen LogP contribution in [-0.2, 0) is 9.53 Å². The highest BCUT2D eigenvalue weighted by atomic mass is 16.5. The molecule has 6 nitrogen and oxygen atoms in total. The molecule has 3 N–H and O–H groups in total. The average Bonchev–Trinajstić information content (AvgIpc) is 2.16. The van der Waals surface area contributed by atoms with Crippen molar-refractivity contribution in [3.63, 3.8) is 0 Å². The molecule has 0 aromatic rings. The average molecular weight is 218 g/mol. The van der Waals surface area contributed by atoms with E-state index in [-0.39, 0.29) is 18.5 Å². The van der Waals surface area contributed by atoms with Gasteiger partial charge in [0.05, 0.1) is 13.0 Å². The Morgan fingerprint density at radius 3 is 2.60 bits per heavy atom. The number of ether oxygens (including phenoxy) is 1. The molecular weight excluding hydrogens is 200 g/mol. The lowest BCUT2D eigenvalue weighted by Gasteiger charge is -2.15. The third-order valence-corrected chi connectivity index (χ3v) is 1.84. The van der Waals surface area contributed by atoms with Gasteiger partial charge in [0.2, 0.25) is 0 Å². The van der Waals surface area contributed by atoms with Crippen molar-refractivity contribution < 1.29 is 19.4 Å². The van der Waals surface area contributed by atoms with Crippen molar-refractivity contribution in [3.05, 3.63) is 0 Å². The predicted octanol–water partition coefficient (Wildman–Crippen LogP) is 0.185. The van der Waals surface area contributed by atoms with Crippen LogP contribution < -0.4 is 10.6 Å². The Labute approximate surface area is 89.0 Å². The molecule has 0 aliphatic rings. The van der Waals surface area contributed by atoms with Crippen LogP contribution in [0.5, 0.6) is 0 Å². The highest BCUT2D eigenvalue weighted by Gasteiger charge is 2.13. The number of hydrogen-bond donors (Lipinski definition) is 3. The first kappa shape index (κ1) is 13.7. The van der Waals surface area contributed by atoms with Gasteiger partial charge in [-0.3, -0.25) is 4.79 Å². The zero-order valence-electron chi connectivity index (χ0n) is 9.08. The van der Waals surface area contributed by atoms with E-state index in [1.54, 1.807) is 7.11 Å². The highest BCUT2D eigenvalue weighted by molar-refractivity contribution is 5.75. The van der Waals surface area contributed by atoms with E-state index in [1.165, 1.54) is 0 Å². The number of carbonyl (C=O) groups is 2. The molecular formula is C9H18N2O4. The summed E-state index contributed by atoms with van der Waals surface area (Å²) >= 11 is 0. The fourth-order valence-electron chi connectivity index (χ4n) is 1.01. The van der Waals surface area contributed by atoms with Crippen molar-refractivity contribution in [1.82, 2.24) is 10.6 Å². The fraction of sp³-hybridized carbons (Fsp3) is 0.778. The summed E-state index contributed by atoms with van der Waals surface area (Å²) in [6.45, 7) is 2.66. The summed E-state index contributed by atoms with van der Waals surface area (Å²) in [7, 11) is 1.54. The first-order valence-electron chi connectivity index (χ1n) is 4.85. The van der Waals surface area contributed by atoms with Gasteiger partial charge in [-0.25, -0.2) is 4.79 Å². The Morgan fingerprint density at radius 2 is 2.13 bits per heavy atom. The lowest BCUT2D eigenvalue weighted by molar-refractivity contribution is -0.137. The number of amides is 2. The van der Waals surface area contributed by atoms with Crippen LogP contribution in [0.15, 0.2) is 0 Å². The Kier molecular flexibility index (Phi) is 7.35. The minimum atomic E-state index is -0.918. The van der Waals surface area contributed by atoms with Crippen LogP contribution in [0.2, 0.25) is 0 Å². The van der Waals surface area contributed by atoms with Crippen LogP contribution in [0.3, 0.4) is 0 Å². The normalized spacial score (nSPS) is 11.9. The van der Waals surface area contributed by atoms with Gasteiger partial charge in [-0.2, -0.15) is 0 Å². The van der Waals surface area contributed by atoms with Crippen molar-refractivity contribution >= 4 is 12.0 Å². The van der Waals surface area contributed by atoms with Gasteiger partial charge in [-0.15, -0.1) is 0 Å². The summed E-state index contributed by atoms with van der Waals surface area (Å²) in [5.41, 5.74) is 0. The SMILES string of the molecule is CCC(CC(=O)O)NC(=O)NCCOC. The van der Waals surface area contributed by atoms with E-state index < -0.39 is 5.97 Å². The summed E-state index contributed by atoms with van der Waals surface area (Å²) in [6, 6.07) is -0.690. The van der Waals surface area contributed by atoms with Gasteiger partial charge in [-0.1, -0.05) is 6.92 Å². The van der Waals surface area contributed by atoms with Crippen LogP contribution in [0.4, 0.5) is 4.79 Å².